The molecule has 0 aliphatic rings. The van der Waals surface area contributed by atoms with Crippen LogP contribution in [0.15, 0.2) is 45.1 Å². The number of carbonyl (C=O) groups excluding carboxylic acids is 1. The van der Waals surface area contributed by atoms with Gasteiger partial charge < -0.3 is 4.90 Å². The van der Waals surface area contributed by atoms with Crippen LogP contribution in [-0.4, -0.2) is 36.3 Å². The predicted molar refractivity (Wildman–Crippen MR) is 114 cm³/mol. The van der Waals surface area contributed by atoms with Crippen LogP contribution in [0.5, 0.6) is 0 Å². The number of aryl methyl sites for hydroxylation is 1. The van der Waals surface area contributed by atoms with Crippen molar-refractivity contribution < 1.29 is 13.2 Å². The summed E-state index contributed by atoms with van der Waals surface area (Å²) >= 11 is 0. The Labute approximate surface area is 170 Å². The quantitative estimate of drug-likeness (QED) is 0.657. The second-order valence-electron chi connectivity index (χ2n) is 7.27. The molecule has 0 aliphatic carbocycles. The van der Waals surface area contributed by atoms with Crippen LogP contribution < -0.4 is 4.80 Å². The molecule has 0 bridgehead atoms. The summed E-state index contributed by atoms with van der Waals surface area (Å²) < 4.78 is 29.4. The van der Waals surface area contributed by atoms with E-state index in [1.54, 1.807) is 18.3 Å². The van der Waals surface area contributed by atoms with Crippen LogP contribution in [0.25, 0.3) is 0 Å². The zero-order valence-corrected chi connectivity index (χ0v) is 18.8. The van der Waals surface area contributed by atoms with Crippen molar-refractivity contribution in [2.75, 3.05) is 0 Å². The van der Waals surface area contributed by atoms with E-state index in [2.05, 4.69) is 16.3 Å². The van der Waals surface area contributed by atoms with Gasteiger partial charge in [0.2, 0.25) is 5.75 Å². The van der Waals surface area contributed by atoms with Gasteiger partial charge in [0.05, 0.1) is 11.1 Å². The molecular formula is C20H30N3O3S2+. The molecule has 0 spiro atoms. The highest BCUT2D eigenvalue weighted by Gasteiger charge is 2.26. The molecule has 1 N–H and O–H groups in total. The van der Waals surface area contributed by atoms with Gasteiger partial charge in [-0.05, 0) is 51.8 Å². The smallest absolute Gasteiger partial charge is 0.333 e. The van der Waals surface area contributed by atoms with Crippen molar-refractivity contribution in [2.24, 2.45) is 4.40 Å². The minimum absolute atomic E-state index is 0.00398. The summed E-state index contributed by atoms with van der Waals surface area (Å²) in [6, 6.07) is 7.00. The Hall–Kier alpha value is -1.93. The molecule has 2 aromatic rings. The maximum Gasteiger partial charge on any atom is 0.355 e. The fourth-order valence-electron chi connectivity index (χ4n) is 3.18. The SMILES string of the molecule is CCCc1ccc(S(=O)(=O)N=c2[nH]cc[s+]2CC(=O)N(C(C)C)C(C)C)cc1. The largest absolute Gasteiger partial charge is 0.355 e. The van der Waals surface area contributed by atoms with Crippen molar-refractivity contribution in [1.29, 1.82) is 0 Å². The molecule has 1 amide bonds. The van der Waals surface area contributed by atoms with Gasteiger partial charge in [-0.3, -0.25) is 9.78 Å². The molecule has 1 atom stereocenters. The maximum absolute atomic E-state index is 12.7. The zero-order chi connectivity index (χ0) is 20.9. The first-order valence-electron chi connectivity index (χ1n) is 9.53. The molecule has 0 saturated carbocycles. The molecule has 6 nitrogen and oxygen atoms in total. The number of H-pyrrole nitrogens is 1. The Morgan fingerprint density at radius 2 is 1.75 bits per heavy atom. The highest BCUT2D eigenvalue weighted by Crippen LogP contribution is 2.18. The number of aromatic amines is 1. The highest BCUT2D eigenvalue weighted by molar-refractivity contribution is 7.90. The second-order valence-corrected chi connectivity index (χ2v) is 10.7. The average molecular weight is 425 g/mol. The molecule has 1 unspecified atom stereocenters. The Kier molecular flexibility index (Phi) is 7.60. The first-order valence-corrected chi connectivity index (χ1v) is 12.4. The lowest BCUT2D eigenvalue weighted by atomic mass is 10.1. The van der Waals surface area contributed by atoms with E-state index in [1.165, 1.54) is 0 Å². The van der Waals surface area contributed by atoms with Gasteiger partial charge in [-0.25, -0.2) is 0 Å². The minimum Gasteiger partial charge on any atom is -0.333 e. The molecular weight excluding hydrogens is 394 g/mol. The van der Waals surface area contributed by atoms with Crippen LogP contribution in [0.4, 0.5) is 0 Å². The topological polar surface area (TPSA) is 82.6 Å². The summed E-state index contributed by atoms with van der Waals surface area (Å²) in [5, 5.41) is 1.81. The monoisotopic (exact) mass is 424 g/mol. The number of aromatic nitrogens is 1. The van der Waals surface area contributed by atoms with Crippen molar-refractivity contribution in [3.63, 3.8) is 0 Å². The summed E-state index contributed by atoms with van der Waals surface area (Å²) in [6.45, 7) is 9.99. The number of nitrogens with one attached hydrogen (secondary N) is 1. The molecule has 2 rings (SSSR count). The number of hydrogen-bond acceptors (Lipinski definition) is 3. The number of thiazole rings is 1. The van der Waals surface area contributed by atoms with E-state index in [4.69, 9.17) is 0 Å². The van der Waals surface area contributed by atoms with Gasteiger partial charge in [-0.2, -0.15) is 8.42 Å². The van der Waals surface area contributed by atoms with Gasteiger partial charge in [-0.1, -0.05) is 29.9 Å². The van der Waals surface area contributed by atoms with E-state index in [0.29, 0.717) is 4.80 Å². The summed E-state index contributed by atoms with van der Waals surface area (Å²) in [7, 11) is -4.52. The van der Waals surface area contributed by atoms with E-state index in [1.807, 2.05) is 50.1 Å². The lowest BCUT2D eigenvalue weighted by Gasteiger charge is -2.29. The van der Waals surface area contributed by atoms with E-state index in [-0.39, 0.29) is 28.6 Å². The van der Waals surface area contributed by atoms with Crippen LogP contribution >= 0.6 is 10.5 Å². The number of sulfonamides is 1. The Morgan fingerprint density at radius 3 is 2.29 bits per heavy atom. The van der Waals surface area contributed by atoms with E-state index in [0.717, 1.165) is 18.4 Å². The normalized spacial score (nSPS) is 13.4. The fraction of sp³-hybridized carbons (Fsp3) is 0.500. The lowest BCUT2D eigenvalue weighted by Crippen LogP contribution is -2.42. The number of carbonyl (C=O) groups is 1. The van der Waals surface area contributed by atoms with Gasteiger partial charge >= 0.3 is 4.80 Å². The minimum atomic E-state index is -3.83. The van der Waals surface area contributed by atoms with Crippen molar-refractivity contribution >= 4 is 26.4 Å². The van der Waals surface area contributed by atoms with E-state index < -0.39 is 20.5 Å². The Bertz CT molecular complexity index is 947. The number of hydrogen-bond donors (Lipinski definition) is 1. The lowest BCUT2D eigenvalue weighted by molar-refractivity contribution is -0.133. The summed E-state index contributed by atoms with van der Waals surface area (Å²) in [5.74, 6) is 0.208. The predicted octanol–water partition coefficient (Wildman–Crippen LogP) is 3.65. The van der Waals surface area contributed by atoms with Gasteiger partial charge in [0.1, 0.15) is 0 Å². The van der Waals surface area contributed by atoms with Crippen molar-refractivity contribution in [1.82, 2.24) is 9.88 Å². The second kappa shape index (κ2) is 9.52. The van der Waals surface area contributed by atoms with Crippen LogP contribution in [0.2, 0.25) is 0 Å². The van der Waals surface area contributed by atoms with Crippen molar-refractivity contribution in [3.8, 4) is 0 Å². The third kappa shape index (κ3) is 5.54. The highest BCUT2D eigenvalue weighted by atomic mass is 32.2. The number of benzene rings is 1. The summed E-state index contributed by atoms with van der Waals surface area (Å²) in [5.41, 5.74) is 1.10. The molecule has 0 saturated heterocycles. The van der Waals surface area contributed by atoms with Gasteiger partial charge in [-0.15, -0.1) is 0 Å². The third-order valence-corrected chi connectivity index (χ3v) is 7.46. The molecule has 1 aromatic heterocycles. The summed E-state index contributed by atoms with van der Waals surface area (Å²) in [6.07, 6.45) is 3.57. The maximum atomic E-state index is 12.7. The van der Waals surface area contributed by atoms with E-state index in [9.17, 15) is 13.2 Å². The van der Waals surface area contributed by atoms with Gasteiger partial charge in [0, 0.05) is 22.6 Å². The van der Waals surface area contributed by atoms with Gasteiger partial charge in [0.25, 0.3) is 15.9 Å². The summed E-state index contributed by atoms with van der Waals surface area (Å²) in [4.78, 5) is 17.9. The molecule has 0 fully saturated rings. The Balaban J connectivity index is 2.30. The molecule has 0 aliphatic heterocycles. The molecule has 1 heterocycles. The van der Waals surface area contributed by atoms with E-state index >= 15 is 0 Å². The standard InChI is InChI=1S/C20H30N3O3S2/c1-6-7-17-8-10-18(11-9-17)28(25,26)22-20-21-12-13-27(20)14-19(24)23(15(2)3)16(4)5/h8-13,15-16H,6-7,14H2,1-5H3,(H,21,22)/q+1. The third-order valence-electron chi connectivity index (χ3n) is 4.33. The average Bonchev–Trinajstić information content (AvgIpc) is 3.01. The van der Waals surface area contributed by atoms with Crippen molar-refractivity contribution in [2.45, 2.75) is 70.2 Å². The Morgan fingerprint density at radius 1 is 1.14 bits per heavy atom. The van der Waals surface area contributed by atoms with Gasteiger partial charge in [0.15, 0.2) is 5.38 Å². The number of rotatable bonds is 8. The van der Waals surface area contributed by atoms with Crippen molar-refractivity contribution in [3.05, 3.63) is 46.2 Å². The molecule has 1 aromatic carbocycles. The van der Waals surface area contributed by atoms with Crippen LogP contribution in [-0.2, 0) is 27.0 Å². The van der Waals surface area contributed by atoms with Crippen LogP contribution in [0, 0.1) is 0 Å². The zero-order valence-electron chi connectivity index (χ0n) is 17.2. The fourth-order valence-corrected chi connectivity index (χ4v) is 5.94. The first kappa shape index (κ1) is 22.4. The molecule has 8 heteroatoms. The molecule has 154 valence electrons. The number of amides is 1. The molecule has 0 radical (unpaired) electrons. The van der Waals surface area contributed by atoms with Crippen LogP contribution in [0.3, 0.4) is 0 Å². The first-order chi connectivity index (χ1) is 13.2. The molecule has 28 heavy (non-hydrogen) atoms. The number of nitrogens with zero attached hydrogens (tertiary/aromatic N) is 2. The van der Waals surface area contributed by atoms with Crippen LogP contribution in [0.1, 0.15) is 46.6 Å².